The van der Waals surface area contributed by atoms with Crippen LogP contribution >= 0.6 is 15.9 Å². The molecule has 1 fully saturated rings. The van der Waals surface area contributed by atoms with Crippen LogP contribution in [0.5, 0.6) is 0 Å². The lowest BCUT2D eigenvalue weighted by Gasteiger charge is -2.28. The van der Waals surface area contributed by atoms with Crippen LogP contribution in [0.25, 0.3) is 0 Å². The molecular formula is C33H34BrN3O6. The molecule has 10 heteroatoms. The van der Waals surface area contributed by atoms with Crippen molar-refractivity contribution in [3.8, 4) is 0 Å². The van der Waals surface area contributed by atoms with Crippen molar-refractivity contribution >= 4 is 45.2 Å². The second kappa shape index (κ2) is 13.1. The Balaban J connectivity index is 1.31. The first-order chi connectivity index (χ1) is 20.7. The Labute approximate surface area is 259 Å². The molecule has 0 aliphatic carbocycles. The molecule has 2 aliphatic heterocycles. The van der Waals surface area contributed by atoms with Crippen LogP contribution in [0.15, 0.2) is 89.4 Å². The van der Waals surface area contributed by atoms with Crippen LogP contribution in [0, 0.1) is 5.92 Å². The van der Waals surface area contributed by atoms with Gasteiger partial charge in [-0.25, -0.2) is 4.79 Å². The van der Waals surface area contributed by atoms with E-state index in [2.05, 4.69) is 15.9 Å². The minimum Gasteiger partial charge on any atom is -0.447 e. The van der Waals surface area contributed by atoms with Gasteiger partial charge in [0.25, 0.3) is 5.91 Å². The molecule has 0 bridgehead atoms. The summed E-state index contributed by atoms with van der Waals surface area (Å²) in [6, 6.07) is 22.3. The van der Waals surface area contributed by atoms with E-state index in [1.807, 2.05) is 60.7 Å². The van der Waals surface area contributed by atoms with Crippen LogP contribution in [0.2, 0.25) is 0 Å². The number of hydrogen-bond acceptors (Lipinski definition) is 6. The highest BCUT2D eigenvalue weighted by Crippen LogP contribution is 2.46. The number of aliphatic hydroxyl groups excluding tert-OH is 1. The zero-order valence-corrected chi connectivity index (χ0v) is 25.4. The van der Waals surface area contributed by atoms with E-state index in [0.29, 0.717) is 30.9 Å². The van der Waals surface area contributed by atoms with E-state index in [0.717, 1.165) is 21.3 Å². The fourth-order valence-electron chi connectivity index (χ4n) is 5.53. The summed E-state index contributed by atoms with van der Waals surface area (Å²) in [6.45, 7) is 3.26. The van der Waals surface area contributed by atoms with E-state index in [-0.39, 0.29) is 38.1 Å². The van der Waals surface area contributed by atoms with Crippen LogP contribution in [-0.2, 0) is 33.0 Å². The van der Waals surface area contributed by atoms with Gasteiger partial charge in [-0.2, -0.15) is 0 Å². The molecule has 3 aromatic rings. The number of nitrogens with zero attached hydrogens (tertiary/aromatic N) is 3. The summed E-state index contributed by atoms with van der Waals surface area (Å²) in [6.07, 6.45) is 3.06. The van der Waals surface area contributed by atoms with Crippen LogP contribution in [0.1, 0.15) is 30.0 Å². The summed E-state index contributed by atoms with van der Waals surface area (Å²) >= 11 is 3.47. The summed E-state index contributed by atoms with van der Waals surface area (Å²) < 4.78 is 5.75. The molecule has 2 aliphatic rings. The van der Waals surface area contributed by atoms with E-state index >= 15 is 0 Å². The van der Waals surface area contributed by atoms with Gasteiger partial charge in [0.2, 0.25) is 5.91 Å². The smallest absolute Gasteiger partial charge is 0.414 e. The maximum atomic E-state index is 13.9. The Morgan fingerprint density at radius 3 is 2.51 bits per heavy atom. The molecule has 2 heterocycles. The zero-order valence-electron chi connectivity index (χ0n) is 23.9. The molecule has 0 radical (unpaired) electrons. The van der Waals surface area contributed by atoms with Gasteiger partial charge in [-0.05, 0) is 41.5 Å². The lowest BCUT2D eigenvalue weighted by atomic mass is 9.83. The van der Waals surface area contributed by atoms with Crippen LogP contribution in [-0.4, -0.2) is 59.3 Å². The van der Waals surface area contributed by atoms with E-state index < -0.39 is 17.4 Å². The number of carbonyl (C=O) groups excluding carboxylic acids is 3. The average molecular weight is 649 g/mol. The van der Waals surface area contributed by atoms with Gasteiger partial charge >= 0.3 is 6.09 Å². The molecule has 0 saturated carbocycles. The minimum absolute atomic E-state index is 0.0629. The third-order valence-electron chi connectivity index (χ3n) is 7.90. The second-order valence-electron chi connectivity index (χ2n) is 10.7. The Hall–Kier alpha value is -3.99. The van der Waals surface area contributed by atoms with Crippen LogP contribution in [0.3, 0.4) is 0 Å². The normalized spacial score (nSPS) is 18.7. The van der Waals surface area contributed by atoms with Gasteiger partial charge < -0.3 is 24.7 Å². The molecule has 224 valence electrons. The second-order valence-corrected chi connectivity index (χ2v) is 11.6. The molecule has 3 aromatic carbocycles. The highest BCUT2D eigenvalue weighted by molar-refractivity contribution is 9.10. The van der Waals surface area contributed by atoms with Crippen molar-refractivity contribution < 1.29 is 29.3 Å². The van der Waals surface area contributed by atoms with Crippen molar-refractivity contribution in [1.29, 1.82) is 0 Å². The van der Waals surface area contributed by atoms with Crippen molar-refractivity contribution in [1.82, 2.24) is 4.90 Å². The maximum Gasteiger partial charge on any atom is 0.414 e. The quantitative estimate of drug-likeness (QED) is 0.291. The van der Waals surface area contributed by atoms with Crippen molar-refractivity contribution in [2.24, 2.45) is 5.92 Å². The summed E-state index contributed by atoms with van der Waals surface area (Å²) in [5.74, 6) is -1.27. The molecule has 1 saturated heterocycles. The summed E-state index contributed by atoms with van der Waals surface area (Å²) in [7, 11) is 0. The molecule has 9 nitrogen and oxygen atoms in total. The summed E-state index contributed by atoms with van der Waals surface area (Å²) in [4.78, 5) is 43.5. The monoisotopic (exact) mass is 647 g/mol. The van der Waals surface area contributed by atoms with Crippen molar-refractivity contribution in [3.63, 3.8) is 0 Å². The lowest BCUT2D eigenvalue weighted by Crippen LogP contribution is -2.44. The van der Waals surface area contributed by atoms with Gasteiger partial charge in [0.1, 0.15) is 6.61 Å². The number of benzene rings is 3. The molecule has 0 aromatic heterocycles. The largest absolute Gasteiger partial charge is 0.447 e. The maximum absolute atomic E-state index is 13.9. The van der Waals surface area contributed by atoms with Gasteiger partial charge in [-0.3, -0.25) is 14.5 Å². The average Bonchev–Trinajstić information content (AvgIpc) is 3.53. The third kappa shape index (κ3) is 6.36. The number of cyclic esters (lactones) is 1. The highest BCUT2D eigenvalue weighted by Gasteiger charge is 2.52. The van der Waals surface area contributed by atoms with Crippen molar-refractivity contribution in [2.45, 2.75) is 32.0 Å². The molecule has 2 N–H and O–H groups in total. The predicted octanol–water partition coefficient (Wildman–Crippen LogP) is 4.74. The number of fused-ring (bicyclic) bond motifs is 1. The number of ether oxygens (including phenoxy) is 1. The number of carbonyl (C=O) groups is 3. The fourth-order valence-corrected chi connectivity index (χ4v) is 5.89. The van der Waals surface area contributed by atoms with Crippen LogP contribution in [0.4, 0.5) is 16.2 Å². The summed E-state index contributed by atoms with van der Waals surface area (Å²) in [5, 5.41) is 21.5. The number of halogens is 1. The van der Waals surface area contributed by atoms with E-state index in [1.54, 1.807) is 45.9 Å². The number of aliphatic hydroxyl groups is 2. The van der Waals surface area contributed by atoms with Gasteiger partial charge in [-0.1, -0.05) is 77.5 Å². The van der Waals surface area contributed by atoms with Gasteiger partial charge in [-0.15, -0.1) is 0 Å². The minimum atomic E-state index is -1.84. The standard InChI is InChI=1S/C33H34BrN3O6/c1-23(6-5-9-30(39)35(16-18-38)21-24-7-3-2-4-8-24)33(42)28-20-26(34)12-15-29(28)37(31(33)40)22-25-10-13-27(14-11-25)36-17-19-43-32(36)41/h2-8,10-15,20,23,38,42H,9,16-19,21-22H2,1H3/b6-5+/t23-,33+/m1/s1. The first-order valence-electron chi connectivity index (χ1n) is 14.2. The Kier molecular flexibility index (Phi) is 9.29. The SMILES string of the molecule is C[C@H](/C=C/CC(=O)N(CCO)Cc1ccccc1)[C@@]1(O)C(=O)N(Cc2ccc(N3CCOC3=O)cc2)c2ccc(Br)cc21. The first-order valence-corrected chi connectivity index (χ1v) is 15.0. The van der Waals surface area contributed by atoms with E-state index in [1.165, 1.54) is 0 Å². The van der Waals surface area contributed by atoms with Crippen molar-refractivity contribution in [3.05, 3.63) is 106 Å². The van der Waals surface area contributed by atoms with Crippen molar-refractivity contribution in [2.75, 3.05) is 36.1 Å². The van der Waals surface area contributed by atoms with Gasteiger partial charge in [0.15, 0.2) is 5.60 Å². The van der Waals surface area contributed by atoms with E-state index in [4.69, 9.17) is 4.74 Å². The molecular weight excluding hydrogens is 614 g/mol. The van der Waals surface area contributed by atoms with Crippen LogP contribution < -0.4 is 9.80 Å². The Bertz CT molecular complexity index is 1510. The molecule has 3 amide bonds. The van der Waals surface area contributed by atoms with Gasteiger partial charge in [0.05, 0.1) is 25.4 Å². The molecule has 0 unspecified atom stereocenters. The molecule has 2 atom stereocenters. The van der Waals surface area contributed by atoms with E-state index in [9.17, 15) is 24.6 Å². The first kappa shape index (κ1) is 30.5. The number of rotatable bonds is 11. The Morgan fingerprint density at radius 2 is 1.84 bits per heavy atom. The third-order valence-corrected chi connectivity index (χ3v) is 8.39. The highest BCUT2D eigenvalue weighted by atomic mass is 79.9. The number of hydrogen-bond donors (Lipinski definition) is 2. The number of anilines is 2. The van der Waals surface area contributed by atoms with Gasteiger partial charge in [0, 0.05) is 41.2 Å². The molecule has 43 heavy (non-hydrogen) atoms. The topological polar surface area (TPSA) is 111 Å². The summed E-state index contributed by atoms with van der Waals surface area (Å²) in [5.41, 5.74) is 1.76. The molecule has 5 rings (SSSR count). The molecule has 0 spiro atoms. The Morgan fingerprint density at radius 1 is 1.09 bits per heavy atom. The predicted molar refractivity (Wildman–Crippen MR) is 166 cm³/mol. The fraction of sp³-hybridized carbons (Fsp3) is 0.303. The number of amides is 3. The zero-order chi connectivity index (χ0) is 30.6. The lowest BCUT2D eigenvalue weighted by molar-refractivity contribution is -0.139.